The van der Waals surface area contributed by atoms with Gasteiger partial charge in [0, 0.05) is 48.5 Å². The van der Waals surface area contributed by atoms with Gasteiger partial charge in [-0.3, -0.25) is 14.6 Å². The number of alkyl halides is 3. The van der Waals surface area contributed by atoms with Crippen molar-refractivity contribution >= 4 is 23.8 Å². The number of anilines is 1. The van der Waals surface area contributed by atoms with Gasteiger partial charge in [-0.2, -0.15) is 13.2 Å². The summed E-state index contributed by atoms with van der Waals surface area (Å²) in [7, 11) is 2.95. The van der Waals surface area contributed by atoms with E-state index in [0.29, 0.717) is 71.7 Å². The van der Waals surface area contributed by atoms with Crippen molar-refractivity contribution < 1.29 is 36.6 Å². The Balaban J connectivity index is 1.30. The standard InChI is InChI=1S/C33H34F4N6O4/c1-18-12-21(15-38-17-44)39-30(47-3)27(18)20-13-24(34)23(16-46-2)25(14-20)43-10-8-32(9-11-43)31(45)41-29(42-32)22-6-7-26(33(35,36)37)40-28(22)19-4-5-19/h6-7,12-14,17,19H,4-5,8-11,15-16H2,1-3H3,(H,38,44)(H,41,42,45). The van der Waals surface area contributed by atoms with Gasteiger partial charge >= 0.3 is 6.18 Å². The minimum Gasteiger partial charge on any atom is -0.481 e. The average Bonchev–Trinajstić information content (AvgIpc) is 3.85. The van der Waals surface area contributed by atoms with E-state index in [4.69, 9.17) is 14.5 Å². The zero-order valence-electron chi connectivity index (χ0n) is 26.1. The maximum atomic E-state index is 15.8. The molecular weight excluding hydrogens is 620 g/mol. The van der Waals surface area contributed by atoms with E-state index in [-0.39, 0.29) is 36.7 Å². The summed E-state index contributed by atoms with van der Waals surface area (Å²) in [6.45, 7) is 2.79. The van der Waals surface area contributed by atoms with Gasteiger partial charge in [-0.05, 0) is 74.1 Å². The number of aromatic nitrogens is 2. The first-order chi connectivity index (χ1) is 22.5. The minimum atomic E-state index is -4.58. The number of carbonyl (C=O) groups excluding carboxylic acids is 2. The molecule has 0 bridgehead atoms. The normalized spacial score (nSPS) is 17.5. The second-order valence-corrected chi connectivity index (χ2v) is 12.0. The van der Waals surface area contributed by atoms with Crippen molar-refractivity contribution in [2.24, 2.45) is 4.99 Å². The number of nitrogens with zero attached hydrogens (tertiary/aromatic N) is 4. The molecule has 1 spiro atoms. The highest BCUT2D eigenvalue weighted by atomic mass is 19.4. The highest BCUT2D eigenvalue weighted by Crippen LogP contribution is 2.44. The van der Waals surface area contributed by atoms with Crippen molar-refractivity contribution in [2.75, 3.05) is 32.2 Å². The average molecular weight is 655 g/mol. The number of amides is 2. The van der Waals surface area contributed by atoms with Crippen LogP contribution >= 0.6 is 0 Å². The first-order valence-corrected chi connectivity index (χ1v) is 15.3. The number of aryl methyl sites for hydroxylation is 1. The lowest BCUT2D eigenvalue weighted by Crippen LogP contribution is -2.49. The Bertz CT molecular complexity index is 1750. The monoisotopic (exact) mass is 654 g/mol. The SMILES string of the molecule is COCc1c(F)cc(-c2c(C)cc(CNC=O)nc2OC)cc1N1CCC2(CC1)N=C(c1ccc(C(F)(F)F)nc1C1CC1)NC2=O. The zero-order chi connectivity index (χ0) is 33.5. The van der Waals surface area contributed by atoms with Gasteiger partial charge in [-0.25, -0.2) is 14.4 Å². The summed E-state index contributed by atoms with van der Waals surface area (Å²) in [5.74, 6) is -0.381. The van der Waals surface area contributed by atoms with Crippen LogP contribution in [0.25, 0.3) is 11.1 Å². The van der Waals surface area contributed by atoms with Gasteiger partial charge < -0.3 is 25.0 Å². The second kappa shape index (κ2) is 12.5. The molecule has 1 saturated carbocycles. The van der Waals surface area contributed by atoms with Crippen LogP contribution in [0, 0.1) is 12.7 Å². The van der Waals surface area contributed by atoms with Crippen molar-refractivity contribution in [3.8, 4) is 17.0 Å². The third-order valence-corrected chi connectivity index (χ3v) is 8.89. The van der Waals surface area contributed by atoms with E-state index in [2.05, 4.69) is 20.6 Å². The Labute approximate surface area is 268 Å². The molecule has 47 heavy (non-hydrogen) atoms. The van der Waals surface area contributed by atoms with Crippen LogP contribution in [0.4, 0.5) is 23.2 Å². The number of halogens is 4. The molecular formula is C33H34F4N6O4. The molecule has 1 aromatic carbocycles. The zero-order valence-corrected chi connectivity index (χ0v) is 26.1. The van der Waals surface area contributed by atoms with Crippen LogP contribution in [-0.2, 0) is 33.7 Å². The Morgan fingerprint density at radius 3 is 2.51 bits per heavy atom. The largest absolute Gasteiger partial charge is 0.481 e. The fourth-order valence-electron chi connectivity index (χ4n) is 6.38. The quantitative estimate of drug-likeness (QED) is 0.238. The van der Waals surface area contributed by atoms with Gasteiger partial charge in [0.25, 0.3) is 5.91 Å². The lowest BCUT2D eigenvalue weighted by Gasteiger charge is -2.38. The summed E-state index contributed by atoms with van der Waals surface area (Å²) in [4.78, 5) is 39.4. The predicted octanol–water partition coefficient (Wildman–Crippen LogP) is 4.80. The maximum Gasteiger partial charge on any atom is 0.433 e. The first-order valence-electron chi connectivity index (χ1n) is 15.3. The Morgan fingerprint density at radius 2 is 1.87 bits per heavy atom. The summed E-state index contributed by atoms with van der Waals surface area (Å²) in [5, 5.41) is 5.40. The molecule has 6 rings (SSSR count). The highest BCUT2D eigenvalue weighted by molar-refractivity contribution is 6.16. The lowest BCUT2D eigenvalue weighted by molar-refractivity contribution is -0.141. The van der Waals surface area contributed by atoms with Crippen LogP contribution in [0.1, 0.15) is 65.4 Å². The van der Waals surface area contributed by atoms with E-state index in [0.717, 1.165) is 24.5 Å². The number of ether oxygens (including phenoxy) is 2. The molecule has 2 amide bonds. The molecule has 14 heteroatoms. The van der Waals surface area contributed by atoms with Crippen LogP contribution in [0.15, 0.2) is 35.3 Å². The summed E-state index contributed by atoms with van der Waals surface area (Å²) in [6.07, 6.45) is -1.94. The molecule has 2 aromatic heterocycles. The number of nitrogens with one attached hydrogen (secondary N) is 2. The smallest absolute Gasteiger partial charge is 0.433 e. The van der Waals surface area contributed by atoms with Crippen molar-refractivity contribution in [3.05, 3.63) is 69.9 Å². The van der Waals surface area contributed by atoms with Crippen molar-refractivity contribution in [3.63, 3.8) is 0 Å². The Hall–Kier alpha value is -4.59. The van der Waals surface area contributed by atoms with E-state index in [1.807, 2.05) is 17.9 Å². The van der Waals surface area contributed by atoms with E-state index >= 15 is 4.39 Å². The minimum absolute atomic E-state index is 0.0153. The van der Waals surface area contributed by atoms with Gasteiger partial charge in [0.2, 0.25) is 12.3 Å². The molecule has 0 unspecified atom stereocenters. The molecule has 2 N–H and O–H groups in total. The summed E-state index contributed by atoms with van der Waals surface area (Å²) in [5.41, 5.74) is 2.08. The second-order valence-electron chi connectivity index (χ2n) is 12.0. The van der Waals surface area contributed by atoms with Crippen LogP contribution < -0.4 is 20.3 Å². The predicted molar refractivity (Wildman–Crippen MR) is 165 cm³/mol. The number of hydrogen-bond acceptors (Lipinski definition) is 8. The summed E-state index contributed by atoms with van der Waals surface area (Å²) in [6, 6.07) is 7.33. The molecule has 0 radical (unpaired) electrons. The van der Waals surface area contributed by atoms with E-state index in [1.165, 1.54) is 26.4 Å². The number of methoxy groups -OCH3 is 2. The molecule has 248 valence electrons. The third kappa shape index (κ3) is 6.25. The number of piperidine rings is 1. The summed E-state index contributed by atoms with van der Waals surface area (Å²) >= 11 is 0. The van der Waals surface area contributed by atoms with Crippen molar-refractivity contribution in [1.82, 2.24) is 20.6 Å². The molecule has 3 aliphatic rings. The number of benzene rings is 1. The topological polar surface area (TPSA) is 118 Å². The fraction of sp³-hybridized carbons (Fsp3) is 0.424. The number of rotatable bonds is 10. The van der Waals surface area contributed by atoms with Gasteiger partial charge in [-0.1, -0.05) is 0 Å². The van der Waals surface area contributed by atoms with Crippen LogP contribution in [0.2, 0.25) is 0 Å². The van der Waals surface area contributed by atoms with Crippen molar-refractivity contribution in [1.29, 1.82) is 0 Å². The van der Waals surface area contributed by atoms with Crippen molar-refractivity contribution in [2.45, 2.75) is 63.4 Å². The number of pyridine rings is 2. The summed E-state index contributed by atoms with van der Waals surface area (Å²) < 4.78 is 66.9. The number of hydrogen-bond donors (Lipinski definition) is 2. The van der Waals surface area contributed by atoms with Gasteiger partial charge in [-0.15, -0.1) is 0 Å². The van der Waals surface area contributed by atoms with E-state index in [9.17, 15) is 22.8 Å². The number of amidine groups is 1. The molecule has 1 saturated heterocycles. The molecule has 10 nitrogen and oxygen atoms in total. The number of aliphatic imine (C=N–C) groups is 1. The molecule has 0 atom stereocenters. The Kier molecular flexibility index (Phi) is 8.64. The van der Waals surface area contributed by atoms with Crippen LogP contribution in [-0.4, -0.2) is 61.0 Å². The van der Waals surface area contributed by atoms with E-state index in [1.54, 1.807) is 6.07 Å². The third-order valence-electron chi connectivity index (χ3n) is 8.89. The maximum absolute atomic E-state index is 15.8. The molecule has 1 aliphatic carbocycles. The molecule has 3 aromatic rings. The van der Waals surface area contributed by atoms with Crippen LogP contribution in [0.5, 0.6) is 5.88 Å². The Morgan fingerprint density at radius 1 is 1.13 bits per heavy atom. The molecule has 4 heterocycles. The van der Waals surface area contributed by atoms with Gasteiger partial charge in [0.05, 0.1) is 31.6 Å². The lowest BCUT2D eigenvalue weighted by atomic mass is 9.87. The van der Waals surface area contributed by atoms with Gasteiger partial charge in [0.15, 0.2) is 0 Å². The first kappa shape index (κ1) is 32.4. The van der Waals surface area contributed by atoms with Gasteiger partial charge in [0.1, 0.15) is 22.9 Å². The highest BCUT2D eigenvalue weighted by Gasteiger charge is 2.47. The fourth-order valence-corrected chi connectivity index (χ4v) is 6.38. The molecule has 2 aliphatic heterocycles. The van der Waals surface area contributed by atoms with E-state index < -0.39 is 23.2 Å². The number of carbonyl (C=O) groups is 2. The van der Waals surface area contributed by atoms with Crippen LogP contribution in [0.3, 0.4) is 0 Å². The molecule has 2 fully saturated rings.